The molecule has 1 aromatic carbocycles. The summed E-state index contributed by atoms with van der Waals surface area (Å²) in [5.41, 5.74) is 0.964. The van der Waals surface area contributed by atoms with Crippen LogP contribution in [0.15, 0.2) is 30.4 Å². The van der Waals surface area contributed by atoms with E-state index in [1.54, 1.807) is 6.07 Å². The van der Waals surface area contributed by atoms with Crippen molar-refractivity contribution < 1.29 is 13.2 Å². The van der Waals surface area contributed by atoms with Crippen molar-refractivity contribution in [1.29, 1.82) is 0 Å². The Kier molecular flexibility index (Phi) is 7.84. The molecule has 27 heavy (non-hydrogen) atoms. The first-order chi connectivity index (χ1) is 13.2. The molecule has 0 saturated heterocycles. The largest absolute Gasteiger partial charge is 0.251 e. The van der Waals surface area contributed by atoms with Crippen LogP contribution < -0.4 is 0 Å². The highest BCUT2D eigenvalue weighted by Crippen LogP contribution is 2.40. The molecule has 1 aromatic rings. The van der Waals surface area contributed by atoms with Gasteiger partial charge in [0.1, 0.15) is 0 Å². The van der Waals surface area contributed by atoms with Crippen LogP contribution in [0.4, 0.5) is 13.2 Å². The quantitative estimate of drug-likeness (QED) is 0.426. The van der Waals surface area contributed by atoms with E-state index >= 15 is 0 Å². The Morgan fingerprint density at radius 3 is 2.04 bits per heavy atom. The summed E-state index contributed by atoms with van der Waals surface area (Å²) in [6, 6.07) is 4.41. The van der Waals surface area contributed by atoms with Gasteiger partial charge in [-0.1, -0.05) is 31.1 Å². The summed E-state index contributed by atoms with van der Waals surface area (Å²) in [4.78, 5) is 0. The zero-order valence-electron chi connectivity index (χ0n) is 16.3. The molecule has 0 heterocycles. The first-order valence-corrected chi connectivity index (χ1v) is 10.8. The highest BCUT2D eigenvalue weighted by molar-refractivity contribution is 5.22. The average Bonchev–Trinajstić information content (AvgIpc) is 2.70. The van der Waals surface area contributed by atoms with Crippen molar-refractivity contribution in [3.8, 4) is 0 Å². The van der Waals surface area contributed by atoms with Crippen molar-refractivity contribution in [3.63, 3.8) is 0 Å². The lowest BCUT2D eigenvalue weighted by molar-refractivity contribution is 0.246. The first-order valence-electron chi connectivity index (χ1n) is 10.8. The van der Waals surface area contributed by atoms with Gasteiger partial charge >= 0.3 is 0 Å². The molecule has 2 fully saturated rings. The Hall–Kier alpha value is -1.25. The molecule has 0 aromatic heterocycles. The van der Waals surface area contributed by atoms with Crippen LogP contribution in [0.1, 0.15) is 82.1 Å². The Morgan fingerprint density at radius 1 is 0.815 bits per heavy atom. The van der Waals surface area contributed by atoms with Crippen LogP contribution in [0.2, 0.25) is 0 Å². The van der Waals surface area contributed by atoms with Crippen LogP contribution in [0.5, 0.6) is 0 Å². The maximum Gasteiger partial charge on any atom is 0.159 e. The summed E-state index contributed by atoms with van der Waals surface area (Å²) >= 11 is 0. The molecule has 0 radical (unpaired) electrons. The third kappa shape index (κ3) is 6.12. The molecule has 150 valence electrons. The van der Waals surface area contributed by atoms with Gasteiger partial charge in [-0.05, 0) is 99.2 Å². The van der Waals surface area contributed by atoms with Crippen molar-refractivity contribution in [1.82, 2.24) is 0 Å². The van der Waals surface area contributed by atoms with Gasteiger partial charge in [0.05, 0.1) is 6.67 Å². The highest BCUT2D eigenvalue weighted by atomic mass is 19.2. The van der Waals surface area contributed by atoms with Gasteiger partial charge in [0, 0.05) is 0 Å². The molecule has 2 aliphatic rings. The van der Waals surface area contributed by atoms with E-state index in [9.17, 15) is 13.2 Å². The molecular weight excluding hydrogens is 345 g/mol. The molecule has 0 unspecified atom stereocenters. The standard InChI is InChI=1S/C24H33F3/c25-16-2-1-3-18-4-6-19(7-5-18)8-9-20-10-12-21(13-11-20)22-14-15-23(26)24(27)17-22/h1,3,14-15,17-21H,2,4-13,16H2/t18-,19-,20-,21-. The van der Waals surface area contributed by atoms with E-state index in [0.717, 1.165) is 30.2 Å². The van der Waals surface area contributed by atoms with Crippen molar-refractivity contribution in [2.75, 3.05) is 6.67 Å². The zero-order chi connectivity index (χ0) is 19.1. The lowest BCUT2D eigenvalue weighted by atomic mass is 9.74. The van der Waals surface area contributed by atoms with Crippen LogP contribution in [0, 0.1) is 29.4 Å². The summed E-state index contributed by atoms with van der Waals surface area (Å²) in [6.07, 6.45) is 17.2. The fourth-order valence-electron chi connectivity index (χ4n) is 5.04. The molecule has 0 spiro atoms. The van der Waals surface area contributed by atoms with E-state index in [2.05, 4.69) is 6.08 Å². The number of hydrogen-bond donors (Lipinski definition) is 0. The van der Waals surface area contributed by atoms with Crippen molar-refractivity contribution in [3.05, 3.63) is 47.5 Å². The van der Waals surface area contributed by atoms with Gasteiger partial charge in [-0.15, -0.1) is 0 Å². The van der Waals surface area contributed by atoms with Crippen molar-refractivity contribution in [2.45, 2.75) is 76.5 Å². The monoisotopic (exact) mass is 378 g/mol. The number of benzene rings is 1. The normalized spacial score (nSPS) is 29.3. The second-order valence-corrected chi connectivity index (χ2v) is 8.66. The third-order valence-corrected chi connectivity index (χ3v) is 6.82. The fraction of sp³-hybridized carbons (Fsp3) is 0.667. The first kappa shape index (κ1) is 20.5. The van der Waals surface area contributed by atoms with Crippen LogP contribution >= 0.6 is 0 Å². The van der Waals surface area contributed by atoms with E-state index in [4.69, 9.17) is 0 Å². The summed E-state index contributed by atoms with van der Waals surface area (Å²) in [5, 5.41) is 0. The molecule has 0 nitrogen and oxygen atoms in total. The summed E-state index contributed by atoms with van der Waals surface area (Å²) in [6.45, 7) is -0.246. The summed E-state index contributed by atoms with van der Waals surface area (Å²) in [5.74, 6) is 1.25. The van der Waals surface area contributed by atoms with Crippen LogP contribution in [0.3, 0.4) is 0 Å². The predicted molar refractivity (Wildman–Crippen MR) is 105 cm³/mol. The van der Waals surface area contributed by atoms with Crippen molar-refractivity contribution >= 4 is 0 Å². The van der Waals surface area contributed by atoms with E-state index in [1.807, 2.05) is 6.08 Å². The Morgan fingerprint density at radius 2 is 1.44 bits per heavy atom. The molecular formula is C24H33F3. The van der Waals surface area contributed by atoms with Gasteiger partial charge in [0.15, 0.2) is 11.6 Å². The molecule has 2 saturated carbocycles. The van der Waals surface area contributed by atoms with Gasteiger partial charge in [0.2, 0.25) is 0 Å². The number of hydrogen-bond acceptors (Lipinski definition) is 0. The van der Waals surface area contributed by atoms with Crippen LogP contribution in [0.25, 0.3) is 0 Å². The van der Waals surface area contributed by atoms with E-state index < -0.39 is 11.6 Å². The molecule has 3 rings (SSSR count). The smallest absolute Gasteiger partial charge is 0.159 e. The van der Waals surface area contributed by atoms with E-state index in [-0.39, 0.29) is 6.67 Å². The SMILES string of the molecule is FCCC=C[C@H]1CC[C@H](CC[C@H]2CC[C@H](c3ccc(F)c(F)c3)CC2)CC1. The minimum Gasteiger partial charge on any atom is -0.251 e. The average molecular weight is 379 g/mol. The molecule has 0 atom stereocenters. The van der Waals surface area contributed by atoms with Gasteiger partial charge in [-0.3, -0.25) is 4.39 Å². The van der Waals surface area contributed by atoms with Gasteiger partial charge in [-0.25, -0.2) is 8.78 Å². The maximum atomic E-state index is 13.5. The van der Waals surface area contributed by atoms with E-state index in [1.165, 1.54) is 63.5 Å². The minimum absolute atomic E-state index is 0.246. The highest BCUT2D eigenvalue weighted by Gasteiger charge is 2.25. The topological polar surface area (TPSA) is 0 Å². The summed E-state index contributed by atoms with van der Waals surface area (Å²) < 4.78 is 38.7. The Labute approximate surface area is 162 Å². The zero-order valence-corrected chi connectivity index (χ0v) is 16.3. The number of rotatable bonds is 7. The second-order valence-electron chi connectivity index (χ2n) is 8.66. The molecule has 3 heteroatoms. The third-order valence-electron chi connectivity index (χ3n) is 6.82. The molecule has 2 aliphatic carbocycles. The minimum atomic E-state index is -0.750. The molecule has 0 N–H and O–H groups in total. The number of alkyl halides is 1. The Bertz CT molecular complexity index is 594. The fourth-order valence-corrected chi connectivity index (χ4v) is 5.04. The molecule has 0 amide bonds. The van der Waals surface area contributed by atoms with Gasteiger partial charge in [-0.2, -0.15) is 0 Å². The predicted octanol–water partition coefficient (Wildman–Crippen LogP) is 7.74. The lowest BCUT2D eigenvalue weighted by Gasteiger charge is -2.31. The lowest BCUT2D eigenvalue weighted by Crippen LogP contribution is -2.17. The van der Waals surface area contributed by atoms with E-state index in [0.29, 0.717) is 18.3 Å². The van der Waals surface area contributed by atoms with Crippen LogP contribution in [-0.4, -0.2) is 6.67 Å². The second kappa shape index (κ2) is 10.3. The number of halogens is 3. The van der Waals surface area contributed by atoms with Gasteiger partial charge in [0.25, 0.3) is 0 Å². The van der Waals surface area contributed by atoms with Crippen LogP contribution in [-0.2, 0) is 0 Å². The number of allylic oxidation sites excluding steroid dienone is 2. The summed E-state index contributed by atoms with van der Waals surface area (Å²) in [7, 11) is 0. The van der Waals surface area contributed by atoms with Crippen molar-refractivity contribution in [2.24, 2.45) is 17.8 Å². The molecule has 0 bridgehead atoms. The van der Waals surface area contributed by atoms with Gasteiger partial charge < -0.3 is 0 Å². The maximum absolute atomic E-state index is 13.5. The Balaban J connectivity index is 1.35. The molecule has 0 aliphatic heterocycles.